The van der Waals surface area contributed by atoms with Gasteiger partial charge in [0.1, 0.15) is 23.9 Å². The molecule has 0 saturated carbocycles. The van der Waals surface area contributed by atoms with Crippen LogP contribution in [0.15, 0.2) is 59.1 Å². The van der Waals surface area contributed by atoms with E-state index in [-0.39, 0.29) is 12.0 Å². The molecule has 1 amide bonds. The lowest BCUT2D eigenvalue weighted by molar-refractivity contribution is -0.117. The summed E-state index contributed by atoms with van der Waals surface area (Å²) >= 11 is 3.20. The lowest BCUT2D eigenvalue weighted by Gasteiger charge is -2.36. The summed E-state index contributed by atoms with van der Waals surface area (Å²) in [5.74, 6) is 1.67. The molecule has 0 radical (unpaired) electrons. The summed E-state index contributed by atoms with van der Waals surface area (Å²) in [4.78, 5) is 13.2. The van der Waals surface area contributed by atoms with Crippen molar-refractivity contribution in [3.63, 3.8) is 0 Å². The number of methoxy groups -OCH3 is 1. The Morgan fingerprint density at radius 1 is 1.10 bits per heavy atom. The van der Waals surface area contributed by atoms with Gasteiger partial charge in [-0.25, -0.2) is 4.39 Å². The normalized spacial score (nSPS) is 20.4. The SMILES string of the molecule is COc1cccc(NC(=O)C[C@@]2(C)CCCc3cc(OCC4CCCCO4)c(Oc4ccc(Br)c(F)c4)cc32)c1. The molecule has 5 rings (SSSR count). The van der Waals surface area contributed by atoms with Gasteiger partial charge in [-0.15, -0.1) is 0 Å². The zero-order chi connectivity index (χ0) is 28.1. The fraction of sp³-hybridized carbons (Fsp3) is 0.406. The number of aryl methyl sites for hydroxylation is 1. The number of halogens is 2. The van der Waals surface area contributed by atoms with Gasteiger partial charge in [0.25, 0.3) is 0 Å². The predicted molar refractivity (Wildman–Crippen MR) is 156 cm³/mol. The second kappa shape index (κ2) is 12.6. The first kappa shape index (κ1) is 28.4. The summed E-state index contributed by atoms with van der Waals surface area (Å²) in [5.41, 5.74) is 2.47. The van der Waals surface area contributed by atoms with E-state index >= 15 is 0 Å². The zero-order valence-electron chi connectivity index (χ0n) is 22.9. The Labute approximate surface area is 243 Å². The van der Waals surface area contributed by atoms with Crippen molar-refractivity contribution in [1.29, 1.82) is 0 Å². The van der Waals surface area contributed by atoms with E-state index in [1.807, 2.05) is 30.3 Å². The van der Waals surface area contributed by atoms with Crippen LogP contribution < -0.4 is 19.5 Å². The van der Waals surface area contributed by atoms with Crippen molar-refractivity contribution in [2.24, 2.45) is 0 Å². The summed E-state index contributed by atoms with van der Waals surface area (Å²) in [7, 11) is 1.60. The van der Waals surface area contributed by atoms with Crippen molar-refractivity contribution in [2.45, 2.75) is 63.4 Å². The monoisotopic (exact) mass is 611 g/mol. The van der Waals surface area contributed by atoms with E-state index in [1.165, 1.54) is 6.07 Å². The molecule has 212 valence electrons. The second-order valence-corrected chi connectivity index (χ2v) is 11.7. The average molecular weight is 613 g/mol. The Bertz CT molecular complexity index is 1360. The lowest BCUT2D eigenvalue weighted by atomic mass is 9.69. The van der Waals surface area contributed by atoms with Crippen LogP contribution in [0.4, 0.5) is 10.1 Å². The van der Waals surface area contributed by atoms with Gasteiger partial charge in [0.05, 0.1) is 17.7 Å². The van der Waals surface area contributed by atoms with Crippen LogP contribution in [0, 0.1) is 5.82 Å². The Balaban J connectivity index is 1.42. The molecule has 0 bridgehead atoms. The van der Waals surface area contributed by atoms with Gasteiger partial charge in [0, 0.05) is 36.3 Å². The van der Waals surface area contributed by atoms with E-state index in [0.29, 0.717) is 46.2 Å². The zero-order valence-corrected chi connectivity index (χ0v) is 24.5. The standard InChI is InChI=1S/C32H35BrFNO5/c1-32(19-31(36)35-22-8-5-10-23(16-22)37-2)13-6-7-21-15-29(39-20-25-9-3-4-14-38-25)30(18-26(21)32)40-24-11-12-27(33)28(34)17-24/h5,8,10-12,15-18,25H,3-4,6-7,9,13-14,19-20H2,1-2H3,(H,35,36)/t25?,32-/m1/s1. The maximum Gasteiger partial charge on any atom is 0.225 e. The van der Waals surface area contributed by atoms with Crippen molar-refractivity contribution in [3.05, 3.63) is 76.0 Å². The van der Waals surface area contributed by atoms with Crippen molar-refractivity contribution >= 4 is 27.5 Å². The van der Waals surface area contributed by atoms with Crippen LogP contribution in [0.3, 0.4) is 0 Å². The third-order valence-electron chi connectivity index (χ3n) is 7.72. The highest BCUT2D eigenvalue weighted by Crippen LogP contribution is 2.46. The summed E-state index contributed by atoms with van der Waals surface area (Å²) in [6.07, 6.45) is 6.19. The van der Waals surface area contributed by atoms with Crippen LogP contribution in [0.5, 0.6) is 23.0 Å². The molecule has 1 saturated heterocycles. The Hall–Kier alpha value is -3.10. The van der Waals surface area contributed by atoms with Crippen molar-refractivity contribution in [2.75, 3.05) is 25.6 Å². The number of ether oxygens (including phenoxy) is 4. The highest BCUT2D eigenvalue weighted by atomic mass is 79.9. The Morgan fingerprint density at radius 2 is 1.98 bits per heavy atom. The van der Waals surface area contributed by atoms with Crippen LogP contribution in [0.2, 0.25) is 0 Å². The number of amides is 1. The molecule has 3 aromatic rings. The van der Waals surface area contributed by atoms with E-state index in [2.05, 4.69) is 28.2 Å². The molecule has 0 aromatic heterocycles. The molecule has 1 fully saturated rings. The van der Waals surface area contributed by atoms with Crippen LogP contribution in [-0.2, 0) is 21.4 Å². The minimum atomic E-state index is -0.412. The summed E-state index contributed by atoms with van der Waals surface area (Å²) in [5, 5.41) is 3.02. The van der Waals surface area contributed by atoms with Crippen molar-refractivity contribution in [1.82, 2.24) is 0 Å². The minimum Gasteiger partial charge on any atom is -0.497 e. The van der Waals surface area contributed by atoms with Crippen LogP contribution in [-0.4, -0.2) is 32.3 Å². The molecule has 0 spiro atoms. The molecule has 2 aliphatic rings. The van der Waals surface area contributed by atoms with Crippen LogP contribution in [0.1, 0.15) is 56.6 Å². The molecule has 2 atom stereocenters. The Morgan fingerprint density at radius 3 is 2.75 bits per heavy atom. The molecule has 8 heteroatoms. The summed E-state index contributed by atoms with van der Waals surface area (Å²) < 4.78 is 38.3. The van der Waals surface area contributed by atoms with Gasteiger partial charge in [0.2, 0.25) is 5.91 Å². The molecule has 1 N–H and O–H groups in total. The third-order valence-corrected chi connectivity index (χ3v) is 8.36. The maximum absolute atomic E-state index is 14.3. The molecular weight excluding hydrogens is 577 g/mol. The van der Waals surface area contributed by atoms with E-state index in [1.54, 1.807) is 25.3 Å². The first-order valence-electron chi connectivity index (χ1n) is 13.8. The van der Waals surface area contributed by atoms with E-state index in [9.17, 15) is 9.18 Å². The van der Waals surface area contributed by atoms with Gasteiger partial charge in [-0.2, -0.15) is 0 Å². The topological polar surface area (TPSA) is 66.0 Å². The predicted octanol–water partition coefficient (Wildman–Crippen LogP) is 7.96. The molecule has 3 aromatic carbocycles. The highest BCUT2D eigenvalue weighted by molar-refractivity contribution is 9.10. The van der Waals surface area contributed by atoms with Gasteiger partial charge in [-0.05, 0) is 102 Å². The number of fused-ring (bicyclic) bond motifs is 1. The van der Waals surface area contributed by atoms with E-state index in [0.717, 1.165) is 56.3 Å². The number of hydrogen-bond donors (Lipinski definition) is 1. The van der Waals surface area contributed by atoms with E-state index < -0.39 is 11.2 Å². The molecule has 1 aliphatic carbocycles. The number of carbonyl (C=O) groups is 1. The molecule has 1 unspecified atom stereocenters. The number of benzene rings is 3. The summed E-state index contributed by atoms with van der Waals surface area (Å²) in [6, 6.07) is 16.0. The van der Waals surface area contributed by atoms with Gasteiger partial charge >= 0.3 is 0 Å². The molecule has 40 heavy (non-hydrogen) atoms. The number of nitrogens with one attached hydrogen (secondary N) is 1. The average Bonchev–Trinajstić information content (AvgIpc) is 2.95. The van der Waals surface area contributed by atoms with Gasteiger partial charge < -0.3 is 24.3 Å². The lowest BCUT2D eigenvalue weighted by Crippen LogP contribution is -2.32. The third kappa shape index (κ3) is 6.78. The number of rotatable bonds is 9. The Kier molecular flexibility index (Phi) is 8.96. The minimum absolute atomic E-state index is 0.0355. The van der Waals surface area contributed by atoms with Crippen LogP contribution >= 0.6 is 15.9 Å². The second-order valence-electron chi connectivity index (χ2n) is 10.8. The fourth-order valence-corrected chi connectivity index (χ4v) is 5.85. The summed E-state index contributed by atoms with van der Waals surface area (Å²) in [6.45, 7) is 3.29. The first-order chi connectivity index (χ1) is 19.3. The smallest absolute Gasteiger partial charge is 0.225 e. The number of anilines is 1. The number of carbonyl (C=O) groups excluding carboxylic acids is 1. The first-order valence-corrected chi connectivity index (χ1v) is 14.6. The van der Waals surface area contributed by atoms with Gasteiger partial charge in [-0.1, -0.05) is 13.0 Å². The van der Waals surface area contributed by atoms with Crippen molar-refractivity contribution in [3.8, 4) is 23.0 Å². The molecule has 1 aliphatic heterocycles. The van der Waals surface area contributed by atoms with Crippen LogP contribution in [0.25, 0.3) is 0 Å². The van der Waals surface area contributed by atoms with E-state index in [4.69, 9.17) is 18.9 Å². The molecular formula is C32H35BrFNO5. The molecule has 1 heterocycles. The van der Waals surface area contributed by atoms with Gasteiger partial charge in [0.15, 0.2) is 11.5 Å². The van der Waals surface area contributed by atoms with Crippen molar-refractivity contribution < 1.29 is 28.1 Å². The highest BCUT2D eigenvalue weighted by Gasteiger charge is 2.36. The number of hydrogen-bond acceptors (Lipinski definition) is 5. The largest absolute Gasteiger partial charge is 0.497 e. The maximum atomic E-state index is 14.3. The molecule has 6 nitrogen and oxygen atoms in total. The fourth-order valence-electron chi connectivity index (χ4n) is 5.60. The van der Waals surface area contributed by atoms with Gasteiger partial charge in [-0.3, -0.25) is 4.79 Å². The quantitative estimate of drug-likeness (QED) is 0.266.